The van der Waals surface area contributed by atoms with Crippen LogP contribution in [0, 0.1) is 0 Å². The Morgan fingerprint density at radius 2 is 0.923 bits per heavy atom. The molecule has 3 heteroatoms. The van der Waals surface area contributed by atoms with Crippen LogP contribution in [0.5, 0.6) is 0 Å². The predicted molar refractivity (Wildman–Crippen MR) is 174 cm³/mol. The molecule has 3 rings (SSSR count). The maximum absolute atomic E-state index is 6.56. The van der Waals surface area contributed by atoms with E-state index in [1.807, 2.05) is 0 Å². The predicted octanol–water partition coefficient (Wildman–Crippen LogP) is 10.2. The molecule has 0 unspecified atom stereocenters. The molecule has 0 atom stereocenters. The molecule has 3 aromatic rings. The van der Waals surface area contributed by atoms with E-state index in [-0.39, 0.29) is 0 Å². The maximum atomic E-state index is 6.56. The Labute approximate surface area is 238 Å². The van der Waals surface area contributed by atoms with Crippen LogP contribution >= 0.6 is 0 Å². The first-order valence-corrected chi connectivity index (χ1v) is 15.9. The molecule has 0 fully saturated rings. The lowest BCUT2D eigenvalue weighted by Gasteiger charge is -2.21. The highest BCUT2D eigenvalue weighted by molar-refractivity contribution is 6.09. The van der Waals surface area contributed by atoms with Crippen molar-refractivity contribution in [1.82, 2.24) is 9.80 Å². The largest absolute Gasteiger partial charge is 0.455 e. The fraction of sp³-hybridized carbons (Fsp3) is 0.556. The normalized spacial score (nSPS) is 12.5. The summed E-state index contributed by atoms with van der Waals surface area (Å²) in [7, 11) is 0. The van der Waals surface area contributed by atoms with Crippen molar-refractivity contribution in [3.8, 4) is 0 Å². The number of hydrogen-bond acceptors (Lipinski definition) is 3. The lowest BCUT2D eigenvalue weighted by molar-refractivity contribution is 0.270. The van der Waals surface area contributed by atoms with Crippen molar-refractivity contribution in [2.24, 2.45) is 0 Å². The number of fused-ring (bicyclic) bond motifs is 3. The third-order valence-electron chi connectivity index (χ3n) is 7.72. The van der Waals surface area contributed by atoms with Gasteiger partial charge in [-0.15, -0.1) is 0 Å². The highest BCUT2D eigenvalue weighted by Gasteiger charge is 2.11. The molecule has 0 radical (unpaired) electrons. The third kappa shape index (κ3) is 9.96. The number of unbranched alkanes of at least 4 members (excludes halogenated alkanes) is 4. The second-order valence-electron chi connectivity index (χ2n) is 11.0. The summed E-state index contributed by atoms with van der Waals surface area (Å²) in [6, 6.07) is 13.1. The Hall–Kier alpha value is -2.36. The van der Waals surface area contributed by atoms with Gasteiger partial charge in [0.25, 0.3) is 0 Å². The van der Waals surface area contributed by atoms with Gasteiger partial charge in [0.2, 0.25) is 0 Å². The van der Waals surface area contributed by atoms with E-state index in [1.54, 1.807) is 0 Å². The molecular weight excluding hydrogens is 476 g/mol. The molecule has 0 N–H and O–H groups in total. The maximum Gasteiger partial charge on any atom is 0.142 e. The molecule has 1 aromatic heterocycles. The van der Waals surface area contributed by atoms with Gasteiger partial charge in [0.1, 0.15) is 11.2 Å². The van der Waals surface area contributed by atoms with Gasteiger partial charge in [-0.1, -0.05) is 114 Å². The second kappa shape index (κ2) is 18.1. The Kier molecular flexibility index (Phi) is 14.4. The third-order valence-corrected chi connectivity index (χ3v) is 7.72. The molecule has 0 aliphatic carbocycles. The van der Waals surface area contributed by atoms with E-state index < -0.39 is 0 Å². The minimum Gasteiger partial charge on any atom is -0.455 e. The lowest BCUT2D eigenvalue weighted by Crippen LogP contribution is -2.26. The molecule has 2 aromatic carbocycles. The number of benzene rings is 2. The Morgan fingerprint density at radius 3 is 1.28 bits per heavy atom. The highest BCUT2D eigenvalue weighted by atomic mass is 16.3. The average molecular weight is 531 g/mol. The summed E-state index contributed by atoms with van der Waals surface area (Å²) in [6.07, 6.45) is 21.6. The van der Waals surface area contributed by atoms with Crippen LogP contribution in [0.3, 0.4) is 0 Å². The monoisotopic (exact) mass is 530 g/mol. The van der Waals surface area contributed by atoms with E-state index in [9.17, 15) is 0 Å². The zero-order valence-corrected chi connectivity index (χ0v) is 25.4. The van der Waals surface area contributed by atoms with Crippen molar-refractivity contribution < 1.29 is 4.42 Å². The first kappa shape index (κ1) is 31.2. The van der Waals surface area contributed by atoms with Crippen LogP contribution < -0.4 is 0 Å². The molecule has 39 heavy (non-hydrogen) atoms. The fourth-order valence-corrected chi connectivity index (χ4v) is 5.26. The lowest BCUT2D eigenvalue weighted by atomic mass is 10.1. The molecular formula is C36H54N2O. The molecule has 1 heterocycles. The molecule has 214 valence electrons. The quantitative estimate of drug-likeness (QED) is 0.145. The minimum atomic E-state index is 1.00. The van der Waals surface area contributed by atoms with Crippen LogP contribution in [0.2, 0.25) is 0 Å². The number of rotatable bonds is 20. The average Bonchev–Trinajstić information content (AvgIpc) is 3.35. The van der Waals surface area contributed by atoms with Gasteiger partial charge in [-0.3, -0.25) is 0 Å². The summed E-state index contributed by atoms with van der Waals surface area (Å²) in [5, 5.41) is 2.42. The van der Waals surface area contributed by atoms with Crippen molar-refractivity contribution in [3.63, 3.8) is 0 Å². The molecule has 0 saturated heterocycles. The minimum absolute atomic E-state index is 1.00. The summed E-state index contributed by atoms with van der Waals surface area (Å²) >= 11 is 0. The smallest absolute Gasteiger partial charge is 0.142 e. The summed E-state index contributed by atoms with van der Waals surface area (Å²) in [5.74, 6) is 0. The van der Waals surface area contributed by atoms with E-state index in [1.165, 1.54) is 99.4 Å². The van der Waals surface area contributed by atoms with E-state index in [2.05, 4.69) is 98.2 Å². The van der Waals surface area contributed by atoms with Crippen LogP contribution in [0.4, 0.5) is 0 Å². The van der Waals surface area contributed by atoms with Crippen molar-refractivity contribution >= 4 is 34.1 Å². The van der Waals surface area contributed by atoms with Gasteiger partial charge in [0.05, 0.1) is 0 Å². The van der Waals surface area contributed by atoms with Crippen LogP contribution in [0.25, 0.3) is 34.1 Å². The molecule has 0 aliphatic rings. The SMILES string of the molecule is CCCCN(CCC=Cc1cccc2c1oc1c(C=CCCN(CCCC)CCCC)cccc12)CCCC. The zero-order chi connectivity index (χ0) is 27.7. The number of hydrogen-bond donors (Lipinski definition) is 0. The topological polar surface area (TPSA) is 19.6 Å². The molecule has 0 saturated carbocycles. The molecule has 3 nitrogen and oxygen atoms in total. The van der Waals surface area contributed by atoms with E-state index >= 15 is 0 Å². The van der Waals surface area contributed by atoms with Crippen LogP contribution in [-0.4, -0.2) is 49.1 Å². The molecule has 0 amide bonds. The van der Waals surface area contributed by atoms with Crippen molar-refractivity contribution in [2.75, 3.05) is 39.3 Å². The first-order chi connectivity index (χ1) is 19.2. The van der Waals surface area contributed by atoms with Crippen LogP contribution in [-0.2, 0) is 0 Å². The Morgan fingerprint density at radius 1 is 0.538 bits per heavy atom. The van der Waals surface area contributed by atoms with Gasteiger partial charge >= 0.3 is 0 Å². The number of para-hydroxylation sites is 2. The van der Waals surface area contributed by atoms with Crippen molar-refractivity contribution in [1.29, 1.82) is 0 Å². The number of nitrogens with zero attached hydrogens (tertiary/aromatic N) is 2. The van der Waals surface area contributed by atoms with E-state index in [0.717, 1.165) is 37.1 Å². The van der Waals surface area contributed by atoms with Gasteiger partial charge < -0.3 is 14.2 Å². The van der Waals surface area contributed by atoms with Gasteiger partial charge in [-0.25, -0.2) is 0 Å². The Bertz CT molecular complexity index is 1040. The second-order valence-corrected chi connectivity index (χ2v) is 11.0. The summed E-state index contributed by atoms with van der Waals surface area (Å²) < 4.78 is 6.56. The highest BCUT2D eigenvalue weighted by Crippen LogP contribution is 2.34. The van der Waals surface area contributed by atoms with Crippen molar-refractivity contribution in [2.45, 2.75) is 91.9 Å². The zero-order valence-electron chi connectivity index (χ0n) is 25.4. The summed E-state index contributed by atoms with van der Waals surface area (Å²) in [5.41, 5.74) is 4.36. The van der Waals surface area contributed by atoms with E-state index in [0.29, 0.717) is 0 Å². The van der Waals surface area contributed by atoms with E-state index in [4.69, 9.17) is 4.42 Å². The summed E-state index contributed by atoms with van der Waals surface area (Å²) in [6.45, 7) is 16.3. The first-order valence-electron chi connectivity index (χ1n) is 15.9. The molecule has 0 spiro atoms. The van der Waals surface area contributed by atoms with Gasteiger partial charge in [-0.05, 0) is 64.7 Å². The van der Waals surface area contributed by atoms with Crippen molar-refractivity contribution in [3.05, 3.63) is 59.7 Å². The fourth-order valence-electron chi connectivity index (χ4n) is 5.26. The van der Waals surface area contributed by atoms with Gasteiger partial charge in [-0.2, -0.15) is 0 Å². The number of furan rings is 1. The molecule has 0 bridgehead atoms. The van der Waals surface area contributed by atoms with Gasteiger partial charge in [0.15, 0.2) is 0 Å². The Balaban J connectivity index is 1.69. The van der Waals surface area contributed by atoms with Crippen LogP contribution in [0.15, 0.2) is 53.0 Å². The van der Waals surface area contributed by atoms with Crippen LogP contribution in [0.1, 0.15) is 103 Å². The summed E-state index contributed by atoms with van der Waals surface area (Å²) in [4.78, 5) is 5.26. The van der Waals surface area contributed by atoms with Gasteiger partial charge in [0, 0.05) is 35.0 Å². The molecule has 0 aliphatic heterocycles. The standard InChI is InChI=1S/C36H54N2O/c1-5-9-25-37(26-10-6-2)29-15-13-19-31-21-17-23-33-34-24-18-22-32(36(34)39-35(31)33)20-14-16-30-38(27-11-7-3)28-12-8-4/h13-14,17-24H,5-12,15-16,25-30H2,1-4H3.